The molecule has 1 saturated carbocycles. The SMILES string of the molecule is CNCC(c1ccccc1C)C1CC1c1ccccc1. The number of rotatable bonds is 5. The Morgan fingerprint density at radius 1 is 1.05 bits per heavy atom. The van der Waals surface area contributed by atoms with Crippen LogP contribution >= 0.6 is 0 Å². The fourth-order valence-electron chi connectivity index (χ4n) is 3.46. The van der Waals surface area contributed by atoms with Crippen LogP contribution in [0.4, 0.5) is 0 Å². The maximum Gasteiger partial charge on any atom is 0.00201 e. The van der Waals surface area contributed by atoms with Crippen LogP contribution < -0.4 is 5.32 Å². The molecule has 1 aliphatic carbocycles. The second-order valence-electron chi connectivity index (χ2n) is 5.94. The van der Waals surface area contributed by atoms with Crippen molar-refractivity contribution in [1.82, 2.24) is 5.32 Å². The number of benzene rings is 2. The van der Waals surface area contributed by atoms with Gasteiger partial charge in [-0.2, -0.15) is 0 Å². The van der Waals surface area contributed by atoms with E-state index in [1.54, 1.807) is 0 Å². The summed E-state index contributed by atoms with van der Waals surface area (Å²) in [6, 6.07) is 19.8. The lowest BCUT2D eigenvalue weighted by molar-refractivity contribution is 0.553. The van der Waals surface area contributed by atoms with Crippen LogP contribution in [-0.4, -0.2) is 13.6 Å². The zero-order valence-corrected chi connectivity index (χ0v) is 12.3. The van der Waals surface area contributed by atoms with E-state index in [1.807, 2.05) is 0 Å². The van der Waals surface area contributed by atoms with Crippen molar-refractivity contribution < 1.29 is 0 Å². The molecule has 0 aromatic heterocycles. The van der Waals surface area contributed by atoms with Crippen molar-refractivity contribution in [2.24, 2.45) is 5.92 Å². The topological polar surface area (TPSA) is 12.0 Å². The molecule has 2 aromatic rings. The van der Waals surface area contributed by atoms with Crippen LogP contribution in [0.25, 0.3) is 0 Å². The third-order valence-corrected chi connectivity index (χ3v) is 4.60. The molecule has 1 aliphatic rings. The van der Waals surface area contributed by atoms with E-state index in [-0.39, 0.29) is 0 Å². The van der Waals surface area contributed by atoms with Crippen molar-refractivity contribution in [3.8, 4) is 0 Å². The summed E-state index contributed by atoms with van der Waals surface area (Å²) in [6.45, 7) is 3.30. The Hall–Kier alpha value is -1.60. The number of aryl methyl sites for hydroxylation is 1. The quantitative estimate of drug-likeness (QED) is 0.858. The van der Waals surface area contributed by atoms with Gasteiger partial charge in [-0.1, -0.05) is 54.6 Å². The number of nitrogens with one attached hydrogen (secondary N) is 1. The van der Waals surface area contributed by atoms with Gasteiger partial charge in [0.05, 0.1) is 0 Å². The maximum atomic E-state index is 3.39. The predicted octanol–water partition coefficient (Wildman–Crippen LogP) is 4.10. The lowest BCUT2D eigenvalue weighted by Crippen LogP contribution is -2.20. The minimum absolute atomic E-state index is 0.631. The third-order valence-electron chi connectivity index (χ3n) is 4.60. The average molecular weight is 265 g/mol. The number of hydrogen-bond acceptors (Lipinski definition) is 1. The van der Waals surface area contributed by atoms with Crippen LogP contribution in [0.3, 0.4) is 0 Å². The summed E-state index contributed by atoms with van der Waals surface area (Å²) in [6.07, 6.45) is 1.32. The van der Waals surface area contributed by atoms with Gasteiger partial charge in [-0.05, 0) is 48.9 Å². The van der Waals surface area contributed by atoms with Gasteiger partial charge in [0.15, 0.2) is 0 Å². The van der Waals surface area contributed by atoms with Crippen molar-refractivity contribution in [2.75, 3.05) is 13.6 Å². The molecular weight excluding hydrogens is 242 g/mol. The lowest BCUT2D eigenvalue weighted by atomic mass is 9.89. The Morgan fingerprint density at radius 3 is 2.45 bits per heavy atom. The molecule has 3 rings (SSSR count). The highest BCUT2D eigenvalue weighted by Crippen LogP contribution is 2.55. The number of hydrogen-bond donors (Lipinski definition) is 1. The van der Waals surface area contributed by atoms with Crippen LogP contribution in [0, 0.1) is 12.8 Å². The van der Waals surface area contributed by atoms with Crippen molar-refractivity contribution in [2.45, 2.75) is 25.2 Å². The van der Waals surface area contributed by atoms with Crippen molar-refractivity contribution in [3.05, 3.63) is 71.3 Å². The molecule has 0 spiro atoms. The standard InChI is InChI=1S/C19H23N/c1-14-8-6-7-11-16(14)19(13-20-2)18-12-17(18)15-9-4-3-5-10-15/h3-11,17-20H,12-13H2,1-2H3. The van der Waals surface area contributed by atoms with Crippen molar-refractivity contribution in [3.63, 3.8) is 0 Å². The zero-order chi connectivity index (χ0) is 13.9. The first-order valence-corrected chi connectivity index (χ1v) is 7.56. The Labute approximate surface area is 122 Å². The molecule has 1 heteroatoms. The van der Waals surface area contributed by atoms with E-state index in [4.69, 9.17) is 0 Å². The first-order valence-electron chi connectivity index (χ1n) is 7.56. The summed E-state index contributed by atoms with van der Waals surface area (Å²) in [5.74, 6) is 2.16. The highest BCUT2D eigenvalue weighted by Gasteiger charge is 2.44. The van der Waals surface area contributed by atoms with Crippen LogP contribution in [-0.2, 0) is 0 Å². The van der Waals surface area contributed by atoms with Gasteiger partial charge in [0.25, 0.3) is 0 Å². The summed E-state index contributed by atoms with van der Waals surface area (Å²) in [7, 11) is 2.06. The van der Waals surface area contributed by atoms with E-state index in [0.29, 0.717) is 5.92 Å². The second kappa shape index (κ2) is 5.80. The Morgan fingerprint density at radius 2 is 1.75 bits per heavy atom. The van der Waals surface area contributed by atoms with Crippen molar-refractivity contribution >= 4 is 0 Å². The molecular formula is C19H23N. The Kier molecular flexibility index (Phi) is 3.88. The van der Waals surface area contributed by atoms with Gasteiger partial charge in [0.1, 0.15) is 0 Å². The van der Waals surface area contributed by atoms with Crippen LogP contribution in [0.1, 0.15) is 34.9 Å². The molecule has 0 radical (unpaired) electrons. The fraction of sp³-hybridized carbons (Fsp3) is 0.368. The average Bonchev–Trinajstić information content (AvgIpc) is 3.27. The molecule has 1 N–H and O–H groups in total. The van der Waals surface area contributed by atoms with Gasteiger partial charge >= 0.3 is 0 Å². The number of likely N-dealkylation sites (N-methyl/N-ethyl adjacent to an activating group) is 1. The first-order chi connectivity index (χ1) is 9.81. The minimum Gasteiger partial charge on any atom is -0.319 e. The van der Waals surface area contributed by atoms with Crippen LogP contribution in [0.5, 0.6) is 0 Å². The van der Waals surface area contributed by atoms with Gasteiger partial charge < -0.3 is 5.32 Å². The molecule has 0 saturated heterocycles. The fourth-order valence-corrected chi connectivity index (χ4v) is 3.46. The van der Waals surface area contributed by atoms with Gasteiger partial charge in [-0.25, -0.2) is 0 Å². The Balaban J connectivity index is 1.82. The molecule has 3 atom stereocenters. The van der Waals surface area contributed by atoms with Crippen LogP contribution in [0.15, 0.2) is 54.6 Å². The molecule has 1 nitrogen and oxygen atoms in total. The summed E-state index contributed by atoms with van der Waals surface area (Å²) in [5, 5.41) is 3.39. The van der Waals surface area contributed by atoms with E-state index in [9.17, 15) is 0 Å². The normalized spacial score (nSPS) is 22.5. The van der Waals surface area contributed by atoms with E-state index in [1.165, 1.54) is 23.1 Å². The second-order valence-corrected chi connectivity index (χ2v) is 5.94. The van der Waals surface area contributed by atoms with Crippen molar-refractivity contribution in [1.29, 1.82) is 0 Å². The lowest BCUT2D eigenvalue weighted by Gasteiger charge is -2.19. The highest BCUT2D eigenvalue weighted by atomic mass is 14.8. The third kappa shape index (κ3) is 2.64. The molecule has 0 bridgehead atoms. The summed E-state index contributed by atoms with van der Waals surface area (Å²) in [4.78, 5) is 0. The first kappa shape index (κ1) is 13.4. The molecule has 0 amide bonds. The molecule has 1 fully saturated rings. The highest BCUT2D eigenvalue weighted by molar-refractivity contribution is 5.35. The largest absolute Gasteiger partial charge is 0.319 e. The summed E-state index contributed by atoms with van der Waals surface area (Å²) in [5.41, 5.74) is 4.45. The van der Waals surface area contributed by atoms with E-state index >= 15 is 0 Å². The Bertz CT molecular complexity index is 561. The predicted molar refractivity (Wildman–Crippen MR) is 85.1 cm³/mol. The summed E-state index contributed by atoms with van der Waals surface area (Å²) >= 11 is 0. The van der Waals surface area contributed by atoms with Gasteiger partial charge in [0.2, 0.25) is 0 Å². The molecule has 104 valence electrons. The van der Waals surface area contributed by atoms with E-state index < -0.39 is 0 Å². The molecule has 0 heterocycles. The maximum absolute atomic E-state index is 3.39. The summed E-state index contributed by atoms with van der Waals surface area (Å²) < 4.78 is 0. The van der Waals surface area contributed by atoms with Gasteiger partial charge in [-0.15, -0.1) is 0 Å². The molecule has 0 aliphatic heterocycles. The van der Waals surface area contributed by atoms with E-state index in [0.717, 1.165) is 18.4 Å². The molecule has 3 unspecified atom stereocenters. The van der Waals surface area contributed by atoms with E-state index in [2.05, 4.69) is 73.9 Å². The molecule has 2 aromatic carbocycles. The zero-order valence-electron chi connectivity index (χ0n) is 12.3. The minimum atomic E-state index is 0.631. The van der Waals surface area contributed by atoms with Gasteiger partial charge in [-0.3, -0.25) is 0 Å². The van der Waals surface area contributed by atoms with Gasteiger partial charge in [0, 0.05) is 12.5 Å². The molecule has 20 heavy (non-hydrogen) atoms. The monoisotopic (exact) mass is 265 g/mol. The smallest absolute Gasteiger partial charge is 0.00201 e. The van der Waals surface area contributed by atoms with Crippen LogP contribution in [0.2, 0.25) is 0 Å².